The Morgan fingerprint density at radius 2 is 1.85 bits per heavy atom. The number of carbonyl (C=O) groups excluding carboxylic acids is 2. The van der Waals surface area contributed by atoms with E-state index in [9.17, 15) is 9.59 Å². The Balaban J connectivity index is 0. The van der Waals surface area contributed by atoms with Crippen LogP contribution in [-0.2, 0) is 19.1 Å². The quantitative estimate of drug-likeness (QED) is 0.222. The first-order chi connectivity index (χ1) is 15.9. The number of nitrogens with zero attached hydrogens (tertiary/aromatic N) is 1. The molecule has 1 aliphatic rings. The van der Waals surface area contributed by atoms with Crippen LogP contribution in [0.15, 0.2) is 24.3 Å². The number of aliphatic hydroxyl groups excluding tert-OH is 1. The highest BCUT2D eigenvalue weighted by atomic mass is 16.5. The summed E-state index contributed by atoms with van der Waals surface area (Å²) < 4.78 is 10.2. The van der Waals surface area contributed by atoms with Crippen LogP contribution in [0.2, 0.25) is 0 Å². The number of imide groups is 1. The van der Waals surface area contributed by atoms with Crippen molar-refractivity contribution in [2.75, 3.05) is 67.1 Å². The maximum atomic E-state index is 11.3. The van der Waals surface area contributed by atoms with Crippen molar-refractivity contribution in [1.29, 1.82) is 0 Å². The van der Waals surface area contributed by atoms with E-state index in [-0.39, 0.29) is 25.0 Å². The van der Waals surface area contributed by atoms with Gasteiger partial charge in [0.05, 0.1) is 39.5 Å². The maximum absolute atomic E-state index is 11.3. The maximum Gasteiger partial charge on any atom is 0.290 e. The minimum Gasteiger partial charge on any atom is -0.497 e. The van der Waals surface area contributed by atoms with Crippen molar-refractivity contribution in [2.24, 2.45) is 0 Å². The van der Waals surface area contributed by atoms with E-state index < -0.39 is 0 Å². The van der Waals surface area contributed by atoms with Crippen LogP contribution in [-0.4, -0.2) is 107 Å². The predicted molar refractivity (Wildman–Crippen MR) is 126 cm³/mol. The number of carbonyl (C=O) groups is 3. The fourth-order valence-electron chi connectivity index (χ4n) is 2.24. The number of aliphatic hydroxyl groups is 1. The smallest absolute Gasteiger partial charge is 0.290 e. The van der Waals surface area contributed by atoms with Gasteiger partial charge in [0, 0.05) is 13.1 Å². The number of hydrogen-bond acceptors (Lipinski definition) is 9. The third-order valence-electron chi connectivity index (χ3n) is 4.04. The van der Waals surface area contributed by atoms with Crippen LogP contribution in [0.5, 0.6) is 5.75 Å². The molecule has 11 heteroatoms. The van der Waals surface area contributed by atoms with E-state index in [1.54, 1.807) is 14.2 Å². The van der Waals surface area contributed by atoms with E-state index in [2.05, 4.69) is 22.9 Å². The number of aryl methyl sites for hydroxylation is 1. The number of rotatable bonds is 10. The third-order valence-corrected chi connectivity index (χ3v) is 4.04. The molecular weight excluding hydrogens is 432 g/mol. The van der Waals surface area contributed by atoms with E-state index >= 15 is 0 Å². The third kappa shape index (κ3) is 21.1. The molecule has 0 spiro atoms. The van der Waals surface area contributed by atoms with Gasteiger partial charge < -0.3 is 35.6 Å². The molecule has 1 unspecified atom stereocenters. The van der Waals surface area contributed by atoms with Gasteiger partial charge >= 0.3 is 0 Å². The average Bonchev–Trinajstić information content (AvgIpc) is 3.29. The Labute approximate surface area is 196 Å². The molecule has 0 saturated carbocycles. The standard InChI is InChI=1S/C9H19N3O3.C8H10O.C4H9NO.CH2O2/c1-10-3-5-15-6-4-12(8-13)9(14)7-11-2;1-7-3-5-8(9-2)6-4-7;6-4-1-2-5-3-4;2-1-3/h8,10-11H,3-7H2,1-2H3;3-6H,1-2H3;4-6H,1-3H2;1H,(H,2,3). The number of amides is 2. The van der Waals surface area contributed by atoms with Gasteiger partial charge in [0.2, 0.25) is 12.3 Å². The fraction of sp³-hybridized carbons (Fsp3) is 0.591. The van der Waals surface area contributed by atoms with Gasteiger partial charge in [-0.1, -0.05) is 17.7 Å². The number of benzene rings is 1. The van der Waals surface area contributed by atoms with Crippen molar-refractivity contribution in [3.63, 3.8) is 0 Å². The fourth-order valence-corrected chi connectivity index (χ4v) is 2.24. The lowest BCUT2D eigenvalue weighted by atomic mass is 10.2. The topological polar surface area (TPSA) is 149 Å². The van der Waals surface area contributed by atoms with E-state index in [4.69, 9.17) is 24.5 Å². The summed E-state index contributed by atoms with van der Waals surface area (Å²) in [6, 6.07) is 7.96. The van der Waals surface area contributed by atoms with Gasteiger partial charge in [-0.3, -0.25) is 19.3 Å². The van der Waals surface area contributed by atoms with Gasteiger partial charge in [-0.25, -0.2) is 0 Å². The molecule has 11 nitrogen and oxygen atoms in total. The molecule has 1 heterocycles. The molecule has 1 aromatic rings. The van der Waals surface area contributed by atoms with Crippen LogP contribution in [0.1, 0.15) is 12.0 Å². The van der Waals surface area contributed by atoms with E-state index in [1.807, 2.05) is 31.3 Å². The number of carboxylic acid groups (broad SMARTS) is 1. The molecule has 1 saturated heterocycles. The average molecular weight is 473 g/mol. The number of ether oxygens (including phenoxy) is 2. The lowest BCUT2D eigenvalue weighted by Crippen LogP contribution is -2.38. The molecule has 190 valence electrons. The van der Waals surface area contributed by atoms with Crippen molar-refractivity contribution in [3.05, 3.63) is 29.8 Å². The van der Waals surface area contributed by atoms with E-state index in [0.29, 0.717) is 26.2 Å². The monoisotopic (exact) mass is 472 g/mol. The molecule has 0 bridgehead atoms. The zero-order valence-corrected chi connectivity index (χ0v) is 20.1. The van der Waals surface area contributed by atoms with E-state index in [0.717, 1.165) is 36.7 Å². The summed E-state index contributed by atoms with van der Waals surface area (Å²) in [5, 5.41) is 24.2. The molecule has 0 aliphatic carbocycles. The summed E-state index contributed by atoms with van der Waals surface area (Å²) in [5.41, 5.74) is 1.26. The first-order valence-electron chi connectivity index (χ1n) is 10.6. The Morgan fingerprint density at radius 3 is 2.24 bits per heavy atom. The summed E-state index contributed by atoms with van der Waals surface area (Å²) in [6.07, 6.45) is 1.39. The normalized spacial score (nSPS) is 13.7. The highest BCUT2D eigenvalue weighted by Gasteiger charge is 2.10. The van der Waals surface area contributed by atoms with Gasteiger partial charge in [-0.15, -0.1) is 0 Å². The van der Waals surface area contributed by atoms with Crippen LogP contribution >= 0.6 is 0 Å². The van der Waals surface area contributed by atoms with Gasteiger partial charge in [0.25, 0.3) is 6.47 Å². The minimum absolute atomic E-state index is 0.0648. The molecule has 0 radical (unpaired) electrons. The first-order valence-corrected chi connectivity index (χ1v) is 10.6. The Hall–Kier alpha value is -2.57. The van der Waals surface area contributed by atoms with E-state index in [1.165, 1.54) is 5.56 Å². The highest BCUT2D eigenvalue weighted by molar-refractivity contribution is 5.87. The molecule has 1 aliphatic heterocycles. The number of likely N-dealkylation sites (N-methyl/N-ethyl adjacent to an activating group) is 2. The molecule has 1 aromatic carbocycles. The zero-order valence-electron chi connectivity index (χ0n) is 20.1. The number of methoxy groups -OCH3 is 1. The van der Waals surface area contributed by atoms with Gasteiger partial charge in [0.15, 0.2) is 0 Å². The molecule has 1 atom stereocenters. The molecule has 0 aromatic heterocycles. The SMILES string of the molecule is CNCCOCCN(C=O)C(=O)CNC.COc1ccc(C)cc1.O=CO.OC1CCNC1. The summed E-state index contributed by atoms with van der Waals surface area (Å²) in [5.74, 6) is 0.672. The van der Waals surface area contributed by atoms with Crippen LogP contribution in [0.3, 0.4) is 0 Å². The lowest BCUT2D eigenvalue weighted by Gasteiger charge is -2.15. The molecule has 2 rings (SSSR count). The molecular formula is C22H40N4O7. The molecule has 2 amide bonds. The summed E-state index contributed by atoms with van der Waals surface area (Å²) >= 11 is 0. The minimum atomic E-state index is -0.250. The second kappa shape index (κ2) is 24.1. The highest BCUT2D eigenvalue weighted by Crippen LogP contribution is 2.09. The Morgan fingerprint density at radius 1 is 1.21 bits per heavy atom. The summed E-state index contributed by atoms with van der Waals surface area (Å²) in [7, 11) is 5.16. The predicted octanol–water partition coefficient (Wildman–Crippen LogP) is -0.528. The number of β-amino-alcohol motifs (C(OH)–C–C–N with tert-alkyl or cyclic N) is 1. The largest absolute Gasteiger partial charge is 0.497 e. The summed E-state index contributed by atoms with van der Waals surface area (Å²) in [4.78, 5) is 31.3. The van der Waals surface area contributed by atoms with Crippen molar-refractivity contribution < 1.29 is 34.1 Å². The number of hydrogen-bond donors (Lipinski definition) is 5. The van der Waals surface area contributed by atoms with Gasteiger partial charge in [-0.2, -0.15) is 0 Å². The van der Waals surface area contributed by atoms with Crippen LogP contribution in [0.4, 0.5) is 0 Å². The Kier molecular flexibility index (Phi) is 23.8. The van der Waals surface area contributed by atoms with Crippen molar-refractivity contribution in [3.8, 4) is 5.75 Å². The second-order valence-electron chi connectivity index (χ2n) is 6.71. The summed E-state index contributed by atoms with van der Waals surface area (Å²) in [6.45, 7) is 5.74. The van der Waals surface area contributed by atoms with Crippen LogP contribution in [0, 0.1) is 6.92 Å². The van der Waals surface area contributed by atoms with Crippen molar-refractivity contribution in [2.45, 2.75) is 19.4 Å². The van der Waals surface area contributed by atoms with Crippen molar-refractivity contribution >= 4 is 18.8 Å². The van der Waals surface area contributed by atoms with Gasteiger partial charge in [0.1, 0.15) is 5.75 Å². The van der Waals surface area contributed by atoms with Crippen LogP contribution in [0.25, 0.3) is 0 Å². The molecule has 33 heavy (non-hydrogen) atoms. The van der Waals surface area contributed by atoms with Crippen LogP contribution < -0.4 is 20.7 Å². The zero-order chi connectivity index (χ0) is 25.3. The van der Waals surface area contributed by atoms with Gasteiger partial charge in [-0.05, 0) is 46.1 Å². The lowest BCUT2D eigenvalue weighted by molar-refractivity contribution is -0.138. The number of nitrogens with one attached hydrogen (secondary N) is 3. The Bertz CT molecular complexity index is 597. The molecule has 1 fully saturated rings. The first kappa shape index (κ1) is 32.6. The molecule has 5 N–H and O–H groups in total. The van der Waals surface area contributed by atoms with Crippen molar-refractivity contribution in [1.82, 2.24) is 20.9 Å². The second-order valence-corrected chi connectivity index (χ2v) is 6.71.